The van der Waals surface area contributed by atoms with E-state index in [0.717, 1.165) is 21.9 Å². The van der Waals surface area contributed by atoms with Crippen molar-refractivity contribution >= 4 is 11.8 Å². The van der Waals surface area contributed by atoms with Crippen molar-refractivity contribution in [2.24, 2.45) is 0 Å². The van der Waals surface area contributed by atoms with Crippen molar-refractivity contribution in [3.8, 4) is 11.4 Å². The monoisotopic (exact) mass is 438 g/mol. The number of tetrazole rings is 1. The fraction of sp³-hybridized carbons (Fsp3) is 0.120. The van der Waals surface area contributed by atoms with Gasteiger partial charge in [-0.3, -0.25) is 4.68 Å². The first-order valence-corrected chi connectivity index (χ1v) is 11.4. The predicted octanol–water partition coefficient (Wildman–Crippen LogP) is 4.93. The minimum atomic E-state index is 0.582. The fourth-order valence-electron chi connectivity index (χ4n) is 3.44. The largest absolute Gasteiger partial charge is 0.254 e. The SMILES string of the molecule is c1ccc(CSc2c(-c3nnn(Cc4ccccc4)n3)cnn2Cc2ccccc2)cc1. The van der Waals surface area contributed by atoms with E-state index in [1.54, 1.807) is 16.6 Å². The second-order valence-corrected chi connectivity index (χ2v) is 8.37. The highest BCUT2D eigenvalue weighted by atomic mass is 32.2. The predicted molar refractivity (Wildman–Crippen MR) is 126 cm³/mol. The molecule has 0 N–H and O–H groups in total. The van der Waals surface area contributed by atoms with Crippen LogP contribution in [0.5, 0.6) is 0 Å². The summed E-state index contributed by atoms with van der Waals surface area (Å²) in [6, 6.07) is 30.9. The molecular weight excluding hydrogens is 416 g/mol. The van der Waals surface area contributed by atoms with Gasteiger partial charge in [0.05, 0.1) is 24.8 Å². The molecule has 0 bridgehead atoms. The van der Waals surface area contributed by atoms with Gasteiger partial charge in [0.1, 0.15) is 5.03 Å². The van der Waals surface area contributed by atoms with Crippen molar-refractivity contribution in [2.75, 3.05) is 0 Å². The Labute approximate surface area is 190 Å². The van der Waals surface area contributed by atoms with Crippen LogP contribution in [0.2, 0.25) is 0 Å². The Morgan fingerprint density at radius 2 is 1.28 bits per heavy atom. The number of benzene rings is 3. The first-order chi connectivity index (χ1) is 15.8. The lowest BCUT2D eigenvalue weighted by molar-refractivity contribution is 0.572. The lowest BCUT2D eigenvalue weighted by atomic mass is 10.2. The minimum Gasteiger partial charge on any atom is -0.254 e. The smallest absolute Gasteiger partial charge is 0.209 e. The Morgan fingerprint density at radius 1 is 0.688 bits per heavy atom. The summed E-state index contributed by atoms with van der Waals surface area (Å²) in [6.45, 7) is 1.27. The van der Waals surface area contributed by atoms with Gasteiger partial charge in [-0.25, -0.2) is 0 Å². The highest BCUT2D eigenvalue weighted by Crippen LogP contribution is 2.32. The molecule has 0 radical (unpaired) electrons. The van der Waals surface area contributed by atoms with Gasteiger partial charge in [0.2, 0.25) is 5.82 Å². The summed E-state index contributed by atoms with van der Waals surface area (Å²) in [4.78, 5) is 1.63. The second-order valence-electron chi connectivity index (χ2n) is 7.41. The van der Waals surface area contributed by atoms with E-state index in [9.17, 15) is 0 Å². The van der Waals surface area contributed by atoms with Gasteiger partial charge >= 0.3 is 0 Å². The molecule has 6 nitrogen and oxygen atoms in total. The Balaban J connectivity index is 1.43. The lowest BCUT2D eigenvalue weighted by Gasteiger charge is -2.09. The Bertz CT molecular complexity index is 1270. The average Bonchev–Trinajstić information content (AvgIpc) is 3.46. The molecule has 0 aliphatic carbocycles. The van der Waals surface area contributed by atoms with Crippen LogP contribution < -0.4 is 0 Å². The summed E-state index contributed by atoms with van der Waals surface area (Å²) < 4.78 is 2.02. The van der Waals surface area contributed by atoms with Crippen molar-refractivity contribution in [2.45, 2.75) is 23.9 Å². The van der Waals surface area contributed by atoms with E-state index in [2.05, 4.69) is 69.0 Å². The molecule has 2 aromatic heterocycles. The number of hydrogen-bond acceptors (Lipinski definition) is 5. The van der Waals surface area contributed by atoms with Crippen LogP contribution in [-0.2, 0) is 18.8 Å². The van der Waals surface area contributed by atoms with E-state index >= 15 is 0 Å². The maximum absolute atomic E-state index is 4.67. The van der Waals surface area contributed by atoms with Crippen molar-refractivity contribution in [3.05, 3.63) is 114 Å². The Hall–Kier alpha value is -3.71. The van der Waals surface area contributed by atoms with Gasteiger partial charge in [-0.05, 0) is 21.9 Å². The molecule has 0 aliphatic heterocycles. The van der Waals surface area contributed by atoms with Gasteiger partial charge in [0.15, 0.2) is 0 Å². The third kappa shape index (κ3) is 4.78. The highest BCUT2D eigenvalue weighted by molar-refractivity contribution is 7.98. The van der Waals surface area contributed by atoms with E-state index in [-0.39, 0.29) is 0 Å². The molecule has 0 fully saturated rings. The number of nitrogens with zero attached hydrogens (tertiary/aromatic N) is 6. The number of hydrogen-bond donors (Lipinski definition) is 0. The molecule has 0 amide bonds. The molecule has 2 heterocycles. The molecule has 7 heteroatoms. The maximum atomic E-state index is 4.67. The molecule has 5 aromatic rings. The van der Waals surface area contributed by atoms with Gasteiger partial charge in [-0.15, -0.1) is 22.0 Å². The summed E-state index contributed by atoms with van der Waals surface area (Å²) >= 11 is 1.74. The Morgan fingerprint density at radius 3 is 1.94 bits per heavy atom. The third-order valence-electron chi connectivity index (χ3n) is 5.05. The van der Waals surface area contributed by atoms with Gasteiger partial charge in [0.25, 0.3) is 0 Å². The molecule has 0 aliphatic rings. The van der Waals surface area contributed by atoms with Crippen LogP contribution >= 0.6 is 11.8 Å². The first kappa shape index (κ1) is 20.2. The van der Waals surface area contributed by atoms with Crippen molar-refractivity contribution in [1.29, 1.82) is 0 Å². The number of thioether (sulfide) groups is 1. The Kier molecular flexibility index (Phi) is 6.07. The van der Waals surface area contributed by atoms with Crippen LogP contribution in [0.4, 0.5) is 0 Å². The zero-order chi connectivity index (χ0) is 21.6. The van der Waals surface area contributed by atoms with Crippen LogP contribution in [-0.4, -0.2) is 30.0 Å². The van der Waals surface area contributed by atoms with Crippen LogP contribution in [0.15, 0.2) is 102 Å². The molecule has 32 heavy (non-hydrogen) atoms. The van der Waals surface area contributed by atoms with Crippen LogP contribution in [0, 0.1) is 0 Å². The van der Waals surface area contributed by atoms with Crippen molar-refractivity contribution in [1.82, 2.24) is 30.0 Å². The lowest BCUT2D eigenvalue weighted by Crippen LogP contribution is -2.04. The molecule has 3 aromatic carbocycles. The topological polar surface area (TPSA) is 61.4 Å². The van der Waals surface area contributed by atoms with Gasteiger partial charge < -0.3 is 0 Å². The van der Waals surface area contributed by atoms with E-state index in [1.807, 2.05) is 53.3 Å². The fourth-order valence-corrected chi connectivity index (χ4v) is 4.50. The van der Waals surface area contributed by atoms with E-state index in [0.29, 0.717) is 18.9 Å². The molecular formula is C25H22N6S. The molecule has 0 spiro atoms. The third-order valence-corrected chi connectivity index (χ3v) is 6.23. The first-order valence-electron chi connectivity index (χ1n) is 10.4. The molecule has 0 atom stereocenters. The van der Waals surface area contributed by atoms with Gasteiger partial charge in [-0.2, -0.15) is 9.90 Å². The molecule has 158 valence electrons. The summed E-state index contributed by atoms with van der Waals surface area (Å²) in [5.74, 6) is 1.43. The number of aromatic nitrogens is 6. The maximum Gasteiger partial charge on any atom is 0.209 e. The normalized spacial score (nSPS) is 11.0. The number of rotatable bonds is 8. The van der Waals surface area contributed by atoms with Gasteiger partial charge in [0, 0.05) is 5.75 Å². The molecule has 5 rings (SSSR count). The summed E-state index contributed by atoms with van der Waals surface area (Å²) in [5.41, 5.74) is 4.50. The van der Waals surface area contributed by atoms with Gasteiger partial charge in [-0.1, -0.05) is 91.0 Å². The summed E-state index contributed by atoms with van der Waals surface area (Å²) in [5, 5.41) is 19.0. The minimum absolute atomic E-state index is 0.582. The van der Waals surface area contributed by atoms with E-state index < -0.39 is 0 Å². The molecule has 0 unspecified atom stereocenters. The zero-order valence-electron chi connectivity index (χ0n) is 17.5. The summed E-state index contributed by atoms with van der Waals surface area (Å²) in [6.07, 6.45) is 1.85. The summed E-state index contributed by atoms with van der Waals surface area (Å²) in [7, 11) is 0. The molecule has 0 saturated heterocycles. The molecule has 0 saturated carbocycles. The zero-order valence-corrected chi connectivity index (χ0v) is 18.3. The average molecular weight is 439 g/mol. The van der Waals surface area contributed by atoms with Crippen molar-refractivity contribution < 1.29 is 0 Å². The van der Waals surface area contributed by atoms with E-state index in [1.165, 1.54) is 11.1 Å². The standard InChI is InChI=1S/C25H22N6S/c1-4-10-20(11-5-1)17-30-25(32-19-22-14-8-3-9-15-22)23(16-26-30)24-27-29-31(28-24)18-21-12-6-2-7-13-21/h1-16H,17-19H2. The second kappa shape index (κ2) is 9.62. The van der Waals surface area contributed by atoms with Crippen molar-refractivity contribution in [3.63, 3.8) is 0 Å². The van der Waals surface area contributed by atoms with E-state index in [4.69, 9.17) is 0 Å². The highest BCUT2D eigenvalue weighted by Gasteiger charge is 2.18. The van der Waals surface area contributed by atoms with Crippen LogP contribution in [0.3, 0.4) is 0 Å². The van der Waals surface area contributed by atoms with Crippen LogP contribution in [0.1, 0.15) is 16.7 Å². The quantitative estimate of drug-likeness (QED) is 0.322. The van der Waals surface area contributed by atoms with Crippen LogP contribution in [0.25, 0.3) is 11.4 Å².